The second-order valence-electron chi connectivity index (χ2n) is 7.80. The lowest BCUT2D eigenvalue weighted by molar-refractivity contribution is -0.275. The number of hydrogen-bond acceptors (Lipinski definition) is 4. The van der Waals surface area contributed by atoms with Crippen LogP contribution in [0.3, 0.4) is 0 Å². The van der Waals surface area contributed by atoms with Crippen molar-refractivity contribution in [2.45, 2.75) is 17.3 Å². The van der Waals surface area contributed by atoms with Crippen LogP contribution < -0.4 is 4.74 Å². The quantitative estimate of drug-likeness (QED) is 0.461. The zero-order chi connectivity index (χ0) is 24.3. The van der Waals surface area contributed by atoms with Gasteiger partial charge in [-0.25, -0.2) is 12.8 Å². The van der Waals surface area contributed by atoms with Gasteiger partial charge in [0.1, 0.15) is 16.5 Å². The van der Waals surface area contributed by atoms with Gasteiger partial charge in [0.25, 0.3) is 0 Å². The minimum absolute atomic E-state index is 0.0766. The molecule has 1 saturated heterocycles. The third-order valence-electron chi connectivity index (χ3n) is 5.63. The Morgan fingerprint density at radius 2 is 1.32 bits per heavy atom. The van der Waals surface area contributed by atoms with Gasteiger partial charge in [-0.2, -0.15) is 4.31 Å². The summed E-state index contributed by atoms with van der Waals surface area (Å²) in [7, 11) is -4.22. The van der Waals surface area contributed by atoms with Crippen molar-refractivity contribution in [2.75, 3.05) is 26.2 Å². The summed E-state index contributed by atoms with van der Waals surface area (Å²) in [5.41, 5.74) is 1.82. The van der Waals surface area contributed by atoms with Crippen LogP contribution in [0.5, 0.6) is 5.75 Å². The molecule has 1 fully saturated rings. The summed E-state index contributed by atoms with van der Waals surface area (Å²) in [6.45, 7) is 0.817. The van der Waals surface area contributed by atoms with E-state index < -0.39 is 27.0 Å². The smallest absolute Gasteiger partial charge is 0.404 e. The summed E-state index contributed by atoms with van der Waals surface area (Å²) < 4.78 is 83.3. The van der Waals surface area contributed by atoms with Crippen LogP contribution in [0.4, 0.5) is 17.6 Å². The molecule has 10 heteroatoms. The van der Waals surface area contributed by atoms with E-state index >= 15 is 0 Å². The van der Waals surface area contributed by atoms with Crippen molar-refractivity contribution in [3.05, 3.63) is 95.8 Å². The average Bonchev–Trinajstić information content (AvgIpc) is 2.81. The molecule has 0 aliphatic carbocycles. The van der Waals surface area contributed by atoms with Gasteiger partial charge in [-0.3, -0.25) is 4.90 Å². The first kappa shape index (κ1) is 24.2. The number of ether oxygens (including phenoxy) is 1. The Bertz CT molecular complexity index is 1210. The molecule has 3 aromatic rings. The Kier molecular flexibility index (Phi) is 6.92. The minimum atomic E-state index is -5.01. The molecule has 0 radical (unpaired) electrons. The van der Waals surface area contributed by atoms with E-state index in [1.54, 1.807) is 12.1 Å². The highest BCUT2D eigenvalue weighted by molar-refractivity contribution is 7.89. The van der Waals surface area contributed by atoms with E-state index in [-0.39, 0.29) is 24.9 Å². The lowest BCUT2D eigenvalue weighted by Crippen LogP contribution is -2.49. The predicted molar refractivity (Wildman–Crippen MR) is 118 cm³/mol. The number of benzene rings is 3. The van der Waals surface area contributed by atoms with Crippen LogP contribution in [-0.2, 0) is 10.0 Å². The molecule has 34 heavy (non-hydrogen) atoms. The molecule has 0 saturated carbocycles. The van der Waals surface area contributed by atoms with Gasteiger partial charge in [0, 0.05) is 26.2 Å². The van der Waals surface area contributed by atoms with Crippen LogP contribution >= 0.6 is 0 Å². The van der Waals surface area contributed by atoms with Crippen molar-refractivity contribution >= 4 is 10.0 Å². The van der Waals surface area contributed by atoms with Gasteiger partial charge in [0.2, 0.25) is 10.0 Å². The molecule has 4 rings (SSSR count). The minimum Gasteiger partial charge on any atom is -0.404 e. The Morgan fingerprint density at radius 3 is 1.94 bits per heavy atom. The van der Waals surface area contributed by atoms with Crippen molar-refractivity contribution in [3.63, 3.8) is 0 Å². The molecule has 0 spiro atoms. The van der Waals surface area contributed by atoms with Gasteiger partial charge in [0.15, 0.2) is 0 Å². The first-order valence-corrected chi connectivity index (χ1v) is 12.0. The van der Waals surface area contributed by atoms with Crippen LogP contribution in [-0.4, -0.2) is 50.2 Å². The van der Waals surface area contributed by atoms with Crippen LogP contribution in [0, 0.1) is 5.82 Å². The number of piperazine rings is 1. The maximum atomic E-state index is 13.5. The topological polar surface area (TPSA) is 49.9 Å². The maximum absolute atomic E-state index is 13.5. The Hall–Kier alpha value is -2.95. The van der Waals surface area contributed by atoms with Gasteiger partial charge < -0.3 is 4.74 Å². The van der Waals surface area contributed by atoms with Crippen LogP contribution in [0.2, 0.25) is 0 Å². The molecule has 0 unspecified atom stereocenters. The normalized spacial score (nSPS) is 16.8. The SMILES string of the molecule is O=S(=O)(c1ccccc1OC(F)(F)F)N1CCN([C@@H](c2ccccc2)c2ccc(F)cc2)CC1. The fourth-order valence-electron chi connectivity index (χ4n) is 4.11. The number of rotatable bonds is 6. The lowest BCUT2D eigenvalue weighted by Gasteiger charge is -2.39. The summed E-state index contributed by atoms with van der Waals surface area (Å²) >= 11 is 0. The van der Waals surface area contributed by atoms with Gasteiger partial charge in [-0.05, 0) is 35.4 Å². The zero-order valence-electron chi connectivity index (χ0n) is 18.0. The summed E-state index contributed by atoms with van der Waals surface area (Å²) in [5, 5.41) is 0. The molecule has 1 aliphatic heterocycles. The Labute approximate surface area is 195 Å². The van der Waals surface area contributed by atoms with E-state index in [2.05, 4.69) is 9.64 Å². The molecule has 1 aliphatic rings. The number of hydrogen-bond donors (Lipinski definition) is 0. The molecule has 0 N–H and O–H groups in total. The second kappa shape index (κ2) is 9.73. The van der Waals surface area contributed by atoms with E-state index in [1.807, 2.05) is 30.3 Å². The fraction of sp³-hybridized carbons (Fsp3) is 0.250. The van der Waals surface area contributed by atoms with E-state index in [9.17, 15) is 26.0 Å². The largest absolute Gasteiger partial charge is 0.573 e. The van der Waals surface area contributed by atoms with Gasteiger partial charge in [0.05, 0.1) is 6.04 Å². The van der Waals surface area contributed by atoms with Crippen molar-refractivity contribution in [1.29, 1.82) is 0 Å². The van der Waals surface area contributed by atoms with E-state index in [1.165, 1.54) is 24.3 Å². The summed E-state index contributed by atoms with van der Waals surface area (Å²) in [6.07, 6.45) is -5.01. The van der Waals surface area contributed by atoms with Crippen LogP contribution in [0.25, 0.3) is 0 Å². The van der Waals surface area contributed by atoms with Crippen molar-refractivity contribution < 1.29 is 30.7 Å². The molecule has 3 aromatic carbocycles. The predicted octanol–water partition coefficient (Wildman–Crippen LogP) is 4.82. The first-order chi connectivity index (χ1) is 16.1. The van der Waals surface area contributed by atoms with Crippen molar-refractivity contribution in [1.82, 2.24) is 9.21 Å². The van der Waals surface area contributed by atoms with Gasteiger partial charge in [-0.1, -0.05) is 54.6 Å². The average molecular weight is 495 g/mol. The Balaban J connectivity index is 1.57. The molecule has 5 nitrogen and oxygen atoms in total. The number of alkyl halides is 3. The number of nitrogens with zero attached hydrogens (tertiary/aromatic N) is 2. The van der Waals surface area contributed by atoms with Crippen molar-refractivity contribution in [2.24, 2.45) is 0 Å². The maximum Gasteiger partial charge on any atom is 0.573 e. The summed E-state index contributed by atoms with van der Waals surface area (Å²) in [5.74, 6) is -1.11. The van der Waals surface area contributed by atoms with E-state index in [0.717, 1.165) is 27.6 Å². The number of para-hydroxylation sites is 1. The molecule has 180 valence electrons. The van der Waals surface area contributed by atoms with E-state index in [4.69, 9.17) is 0 Å². The summed E-state index contributed by atoms with van der Waals surface area (Å²) in [4.78, 5) is 1.55. The Morgan fingerprint density at radius 1 is 0.765 bits per heavy atom. The van der Waals surface area contributed by atoms with E-state index in [0.29, 0.717) is 13.1 Å². The number of halogens is 4. The zero-order valence-corrected chi connectivity index (χ0v) is 18.8. The number of sulfonamides is 1. The van der Waals surface area contributed by atoms with Gasteiger partial charge in [-0.15, -0.1) is 13.2 Å². The van der Waals surface area contributed by atoms with Crippen molar-refractivity contribution in [3.8, 4) is 5.75 Å². The molecule has 0 amide bonds. The van der Waals surface area contributed by atoms with Crippen LogP contribution in [0.15, 0.2) is 83.8 Å². The highest BCUT2D eigenvalue weighted by Crippen LogP contribution is 2.34. The highest BCUT2D eigenvalue weighted by Gasteiger charge is 2.37. The first-order valence-electron chi connectivity index (χ1n) is 10.5. The molecule has 0 aromatic heterocycles. The highest BCUT2D eigenvalue weighted by atomic mass is 32.2. The molecular weight excluding hydrogens is 472 g/mol. The lowest BCUT2D eigenvalue weighted by atomic mass is 9.96. The summed E-state index contributed by atoms with van der Waals surface area (Å²) in [6, 6.07) is 20.2. The monoisotopic (exact) mass is 494 g/mol. The van der Waals surface area contributed by atoms with Crippen LogP contribution in [0.1, 0.15) is 17.2 Å². The third kappa shape index (κ3) is 5.40. The molecular formula is C24H22F4N2O3S. The molecule has 1 atom stereocenters. The standard InChI is InChI=1S/C24H22F4N2O3S/c25-20-12-10-19(11-13-20)23(18-6-2-1-3-7-18)29-14-16-30(17-15-29)34(31,32)22-9-5-4-8-21(22)33-24(26,27)28/h1-13,23H,14-17H2/t23-/m0/s1. The third-order valence-corrected chi connectivity index (χ3v) is 7.57. The molecule has 0 bridgehead atoms. The molecule has 1 heterocycles. The fourth-order valence-corrected chi connectivity index (χ4v) is 5.64. The van der Waals surface area contributed by atoms with Gasteiger partial charge >= 0.3 is 6.36 Å². The second-order valence-corrected chi connectivity index (χ2v) is 9.71.